The van der Waals surface area contributed by atoms with Crippen molar-refractivity contribution in [1.29, 1.82) is 0 Å². The van der Waals surface area contributed by atoms with Crippen molar-refractivity contribution in [3.63, 3.8) is 0 Å². The van der Waals surface area contributed by atoms with Crippen LogP contribution in [0.3, 0.4) is 0 Å². The maximum absolute atomic E-state index is 13.3. The minimum atomic E-state index is -0.524. The number of aromatic amines is 1. The highest BCUT2D eigenvalue weighted by atomic mass is 16.5. The summed E-state index contributed by atoms with van der Waals surface area (Å²) in [7, 11) is 0. The highest BCUT2D eigenvalue weighted by molar-refractivity contribution is 6.20. The number of aromatic nitrogens is 2. The van der Waals surface area contributed by atoms with E-state index in [0.717, 1.165) is 37.7 Å². The van der Waals surface area contributed by atoms with E-state index in [1.807, 2.05) is 24.3 Å². The van der Waals surface area contributed by atoms with E-state index in [2.05, 4.69) is 10.1 Å². The summed E-state index contributed by atoms with van der Waals surface area (Å²) < 4.78 is 4.91. The van der Waals surface area contributed by atoms with Gasteiger partial charge in [0.2, 0.25) is 0 Å². The normalized spacial score (nSPS) is 19.9. The summed E-state index contributed by atoms with van der Waals surface area (Å²) in [5, 5.41) is 14.7. The molecule has 2 N–H and O–H groups in total. The molecule has 158 valence electrons. The van der Waals surface area contributed by atoms with Crippen LogP contribution in [0, 0.1) is 5.92 Å². The molecule has 0 bridgehead atoms. The van der Waals surface area contributed by atoms with E-state index in [9.17, 15) is 14.7 Å². The lowest BCUT2D eigenvalue weighted by molar-refractivity contribution is -0.117. The van der Waals surface area contributed by atoms with Crippen molar-refractivity contribution in [2.75, 3.05) is 4.90 Å². The Morgan fingerprint density at radius 2 is 1.87 bits per heavy atom. The summed E-state index contributed by atoms with van der Waals surface area (Å²) in [5.74, 6) is -1.15. The predicted molar refractivity (Wildman–Crippen MR) is 115 cm³/mol. The fourth-order valence-electron chi connectivity index (χ4n) is 4.82. The number of hydrogen-bond donors (Lipinski definition) is 2. The average molecular weight is 417 g/mol. The van der Waals surface area contributed by atoms with E-state index >= 15 is 0 Å². The van der Waals surface area contributed by atoms with Crippen LogP contribution >= 0.6 is 0 Å². The Morgan fingerprint density at radius 3 is 2.52 bits per heavy atom. The second-order valence-electron chi connectivity index (χ2n) is 8.14. The molecular weight excluding hydrogens is 394 g/mol. The van der Waals surface area contributed by atoms with Crippen molar-refractivity contribution in [2.24, 2.45) is 5.92 Å². The van der Waals surface area contributed by atoms with Gasteiger partial charge in [-0.1, -0.05) is 36.6 Å². The molecule has 31 heavy (non-hydrogen) atoms. The van der Waals surface area contributed by atoms with Gasteiger partial charge < -0.3 is 14.6 Å². The van der Waals surface area contributed by atoms with Crippen LogP contribution in [0.25, 0.3) is 11.3 Å². The first kappa shape index (κ1) is 19.4. The maximum Gasteiger partial charge on any atom is 0.294 e. The molecule has 1 aliphatic heterocycles. The van der Waals surface area contributed by atoms with E-state index in [-0.39, 0.29) is 17.3 Å². The van der Waals surface area contributed by atoms with Gasteiger partial charge >= 0.3 is 0 Å². The van der Waals surface area contributed by atoms with Crippen molar-refractivity contribution in [1.82, 2.24) is 10.1 Å². The molecule has 0 spiro atoms. The largest absolute Gasteiger partial charge is 0.503 e. The monoisotopic (exact) mass is 417 g/mol. The number of rotatable bonds is 5. The van der Waals surface area contributed by atoms with Crippen LogP contribution in [0.1, 0.15) is 42.5 Å². The zero-order chi connectivity index (χ0) is 21.4. The Balaban J connectivity index is 1.54. The molecule has 1 aliphatic carbocycles. The number of benzene rings is 1. The third-order valence-corrected chi connectivity index (χ3v) is 6.33. The molecule has 3 heterocycles. The number of amides is 1. The number of Topliss-reactive ketones (excluding diaryl/α,β-unsaturated/α-hetero) is 1. The molecule has 1 unspecified atom stereocenters. The van der Waals surface area contributed by atoms with Crippen molar-refractivity contribution in [2.45, 2.75) is 38.1 Å². The topological polar surface area (TPSA) is 99.4 Å². The Labute approximate surface area is 179 Å². The molecule has 7 nitrogen and oxygen atoms in total. The molecule has 0 radical (unpaired) electrons. The fourth-order valence-corrected chi connectivity index (χ4v) is 4.82. The van der Waals surface area contributed by atoms with E-state index < -0.39 is 17.7 Å². The van der Waals surface area contributed by atoms with Gasteiger partial charge in [0.05, 0.1) is 11.6 Å². The Bertz CT molecular complexity index is 1110. The molecule has 2 aliphatic rings. The Hall–Kier alpha value is -3.61. The molecular formula is C24H23N3O4. The number of carbonyl (C=O) groups is 2. The van der Waals surface area contributed by atoms with Gasteiger partial charge in [-0.3, -0.25) is 14.5 Å². The number of anilines is 1. The molecule has 2 aromatic heterocycles. The third kappa shape index (κ3) is 3.36. The van der Waals surface area contributed by atoms with E-state index in [1.165, 1.54) is 6.26 Å². The van der Waals surface area contributed by atoms with Crippen LogP contribution in [0.4, 0.5) is 5.69 Å². The Kier molecular flexibility index (Phi) is 4.94. The molecule has 1 atom stereocenters. The SMILES string of the molecule is O=C(C1=C(O)C(=O)N(c2ccc(-c3ccon3)cc2)C1C1CCCCC1)c1cc[nH]c1. The van der Waals surface area contributed by atoms with Gasteiger partial charge in [-0.2, -0.15) is 0 Å². The highest BCUT2D eigenvalue weighted by Gasteiger charge is 2.47. The van der Waals surface area contributed by atoms with Crippen LogP contribution in [0.2, 0.25) is 0 Å². The van der Waals surface area contributed by atoms with Gasteiger partial charge in [-0.25, -0.2) is 0 Å². The molecule has 7 heteroatoms. The van der Waals surface area contributed by atoms with Gasteiger partial charge in [0, 0.05) is 35.3 Å². The van der Waals surface area contributed by atoms with Crippen molar-refractivity contribution >= 4 is 17.4 Å². The van der Waals surface area contributed by atoms with E-state index in [0.29, 0.717) is 16.9 Å². The first-order valence-electron chi connectivity index (χ1n) is 10.6. The summed E-state index contributed by atoms with van der Waals surface area (Å²) in [6.45, 7) is 0. The van der Waals surface area contributed by atoms with Crippen LogP contribution in [-0.2, 0) is 4.79 Å². The number of carbonyl (C=O) groups excluding carboxylic acids is 2. The van der Waals surface area contributed by atoms with E-state index in [4.69, 9.17) is 4.52 Å². The van der Waals surface area contributed by atoms with Crippen LogP contribution in [0.5, 0.6) is 0 Å². The standard InChI is InChI=1S/C24H23N3O4/c28-22(17-10-12-25-14-17)20-21(16-4-2-1-3-5-16)27(24(30)23(20)29)18-8-6-15(7-9-18)19-11-13-31-26-19/h6-14,16,21,25,29H,1-5H2. The smallest absolute Gasteiger partial charge is 0.294 e. The quantitative estimate of drug-likeness (QED) is 0.588. The molecule has 1 fully saturated rings. The predicted octanol–water partition coefficient (Wildman–Crippen LogP) is 4.66. The summed E-state index contributed by atoms with van der Waals surface area (Å²) in [6, 6.07) is 10.3. The zero-order valence-electron chi connectivity index (χ0n) is 17.0. The Morgan fingerprint density at radius 1 is 1.10 bits per heavy atom. The summed E-state index contributed by atoms with van der Waals surface area (Å²) in [4.78, 5) is 30.9. The van der Waals surface area contributed by atoms with Crippen LogP contribution < -0.4 is 4.90 Å². The van der Waals surface area contributed by atoms with Crippen molar-refractivity contribution < 1.29 is 19.2 Å². The van der Waals surface area contributed by atoms with Gasteiger partial charge in [0.15, 0.2) is 11.5 Å². The number of aliphatic hydroxyl groups excluding tert-OH is 1. The first-order valence-corrected chi connectivity index (χ1v) is 10.6. The third-order valence-electron chi connectivity index (χ3n) is 6.33. The number of H-pyrrole nitrogens is 1. The van der Waals surface area contributed by atoms with Gasteiger partial charge in [0.1, 0.15) is 12.0 Å². The minimum Gasteiger partial charge on any atom is -0.503 e. The minimum absolute atomic E-state index is 0.121. The highest BCUT2D eigenvalue weighted by Crippen LogP contribution is 2.41. The number of hydrogen-bond acceptors (Lipinski definition) is 5. The van der Waals surface area contributed by atoms with Crippen LogP contribution in [0.15, 0.2) is 70.9 Å². The maximum atomic E-state index is 13.3. The number of nitrogens with zero attached hydrogens (tertiary/aromatic N) is 2. The van der Waals surface area contributed by atoms with Crippen molar-refractivity contribution in [3.05, 3.63) is 72.0 Å². The molecule has 3 aromatic rings. The lowest BCUT2D eigenvalue weighted by Crippen LogP contribution is -2.42. The lowest BCUT2D eigenvalue weighted by atomic mass is 9.79. The van der Waals surface area contributed by atoms with Crippen molar-refractivity contribution in [3.8, 4) is 11.3 Å². The second-order valence-corrected chi connectivity index (χ2v) is 8.14. The van der Waals surface area contributed by atoms with Gasteiger partial charge in [-0.15, -0.1) is 0 Å². The number of ketones is 1. The molecule has 0 saturated heterocycles. The molecule has 1 saturated carbocycles. The fraction of sp³-hybridized carbons (Fsp3) is 0.292. The number of aliphatic hydroxyl groups is 1. The first-order chi connectivity index (χ1) is 15.1. The van der Waals surface area contributed by atoms with Gasteiger partial charge in [0.25, 0.3) is 5.91 Å². The summed E-state index contributed by atoms with van der Waals surface area (Å²) in [5.41, 5.74) is 2.86. The summed E-state index contributed by atoms with van der Waals surface area (Å²) >= 11 is 0. The summed E-state index contributed by atoms with van der Waals surface area (Å²) in [6.07, 6.45) is 9.87. The molecule has 1 aromatic carbocycles. The molecule has 5 rings (SSSR count). The van der Waals surface area contributed by atoms with Gasteiger partial charge in [-0.05, 0) is 37.0 Å². The second kappa shape index (κ2) is 7.91. The van der Waals surface area contributed by atoms with Crippen LogP contribution in [-0.4, -0.2) is 33.0 Å². The number of nitrogens with one attached hydrogen (secondary N) is 1. The molecule has 1 amide bonds. The lowest BCUT2D eigenvalue weighted by Gasteiger charge is -2.35. The van der Waals surface area contributed by atoms with E-state index in [1.54, 1.807) is 29.4 Å². The zero-order valence-corrected chi connectivity index (χ0v) is 17.0. The average Bonchev–Trinajstić information content (AvgIpc) is 3.57.